The summed E-state index contributed by atoms with van der Waals surface area (Å²) in [6.45, 7) is 2.89. The molecule has 2 aromatic carbocycles. The first kappa shape index (κ1) is 17.8. The highest BCUT2D eigenvalue weighted by Gasteiger charge is 2.08. The highest BCUT2D eigenvalue weighted by Crippen LogP contribution is 2.20. The number of carbonyl (C=O) groups is 1. The standard InChI is InChI=1S/C20H20FN3O2/c1-14(17-5-3-4-6-18(17)21)11-20(25)23-16-8-7-15-13-22-24(9-10-26-2)19(15)12-16/h3-8,11-13H,9-10H2,1-2H3,(H,23,25). The van der Waals surface area contributed by atoms with Gasteiger partial charge in [0, 0.05) is 29.8 Å². The number of fused-ring (bicyclic) bond motifs is 1. The van der Waals surface area contributed by atoms with E-state index in [0.717, 1.165) is 10.9 Å². The number of benzene rings is 2. The Kier molecular flexibility index (Phi) is 5.43. The fourth-order valence-electron chi connectivity index (χ4n) is 2.74. The summed E-state index contributed by atoms with van der Waals surface area (Å²) in [4.78, 5) is 12.3. The number of halogens is 1. The topological polar surface area (TPSA) is 56.1 Å². The first-order valence-corrected chi connectivity index (χ1v) is 8.27. The van der Waals surface area contributed by atoms with E-state index in [0.29, 0.717) is 30.0 Å². The van der Waals surface area contributed by atoms with Crippen molar-refractivity contribution in [2.75, 3.05) is 19.0 Å². The van der Waals surface area contributed by atoms with E-state index < -0.39 is 0 Å². The summed E-state index contributed by atoms with van der Waals surface area (Å²) in [5, 5.41) is 8.12. The van der Waals surface area contributed by atoms with E-state index in [1.807, 2.05) is 22.9 Å². The van der Waals surface area contributed by atoms with Crippen molar-refractivity contribution in [1.29, 1.82) is 0 Å². The molecule has 0 radical (unpaired) electrons. The van der Waals surface area contributed by atoms with Crippen molar-refractivity contribution in [3.63, 3.8) is 0 Å². The highest BCUT2D eigenvalue weighted by atomic mass is 19.1. The molecule has 3 rings (SSSR count). The molecule has 0 saturated heterocycles. The number of carbonyl (C=O) groups excluding carboxylic acids is 1. The predicted molar refractivity (Wildman–Crippen MR) is 100 cm³/mol. The Labute approximate surface area is 151 Å². The maximum atomic E-state index is 13.8. The van der Waals surface area contributed by atoms with E-state index in [1.54, 1.807) is 38.4 Å². The van der Waals surface area contributed by atoms with E-state index >= 15 is 0 Å². The Hall–Kier alpha value is -2.99. The van der Waals surface area contributed by atoms with Crippen LogP contribution in [0.5, 0.6) is 0 Å². The maximum absolute atomic E-state index is 13.8. The number of hydrogen-bond acceptors (Lipinski definition) is 3. The molecule has 3 aromatic rings. The average Bonchev–Trinajstić information content (AvgIpc) is 3.02. The minimum Gasteiger partial charge on any atom is -0.383 e. The zero-order chi connectivity index (χ0) is 18.5. The van der Waals surface area contributed by atoms with Crippen molar-refractivity contribution < 1.29 is 13.9 Å². The lowest BCUT2D eigenvalue weighted by molar-refractivity contribution is -0.111. The fraction of sp³-hybridized carbons (Fsp3) is 0.200. The molecule has 0 aliphatic rings. The third-order valence-electron chi connectivity index (χ3n) is 4.07. The highest BCUT2D eigenvalue weighted by molar-refractivity contribution is 6.04. The van der Waals surface area contributed by atoms with Gasteiger partial charge in [0.15, 0.2) is 0 Å². The van der Waals surface area contributed by atoms with Crippen LogP contribution in [-0.4, -0.2) is 29.4 Å². The second-order valence-corrected chi connectivity index (χ2v) is 5.93. The summed E-state index contributed by atoms with van der Waals surface area (Å²) in [5.41, 5.74) is 2.54. The second kappa shape index (κ2) is 7.93. The molecule has 5 nitrogen and oxygen atoms in total. The number of hydrogen-bond donors (Lipinski definition) is 1. The average molecular weight is 353 g/mol. The molecular weight excluding hydrogens is 333 g/mol. The molecule has 0 spiro atoms. The third-order valence-corrected chi connectivity index (χ3v) is 4.07. The molecule has 0 unspecified atom stereocenters. The Morgan fingerprint density at radius 1 is 1.31 bits per heavy atom. The zero-order valence-electron chi connectivity index (χ0n) is 14.7. The van der Waals surface area contributed by atoms with Crippen LogP contribution >= 0.6 is 0 Å². The van der Waals surface area contributed by atoms with Gasteiger partial charge in [-0.05, 0) is 36.8 Å². The molecular formula is C20H20FN3O2. The number of nitrogens with zero attached hydrogens (tertiary/aromatic N) is 2. The van der Waals surface area contributed by atoms with Gasteiger partial charge in [0.2, 0.25) is 5.91 Å². The van der Waals surface area contributed by atoms with Crippen LogP contribution in [0.4, 0.5) is 10.1 Å². The molecule has 0 aliphatic carbocycles. The SMILES string of the molecule is COCCn1ncc2ccc(NC(=O)C=C(C)c3ccccc3F)cc21. The Balaban J connectivity index is 1.78. The summed E-state index contributed by atoms with van der Waals surface area (Å²) in [7, 11) is 1.64. The number of allylic oxidation sites excluding steroid dienone is 1. The molecule has 26 heavy (non-hydrogen) atoms. The lowest BCUT2D eigenvalue weighted by Gasteiger charge is -2.07. The lowest BCUT2D eigenvalue weighted by atomic mass is 10.1. The molecule has 1 N–H and O–H groups in total. The van der Waals surface area contributed by atoms with Crippen molar-refractivity contribution in [2.24, 2.45) is 0 Å². The Bertz CT molecular complexity index is 963. The largest absolute Gasteiger partial charge is 0.383 e. The summed E-state index contributed by atoms with van der Waals surface area (Å²) < 4.78 is 20.7. The van der Waals surface area contributed by atoms with Gasteiger partial charge in [0.25, 0.3) is 0 Å². The van der Waals surface area contributed by atoms with E-state index in [4.69, 9.17) is 4.74 Å². The lowest BCUT2D eigenvalue weighted by Crippen LogP contribution is -2.09. The van der Waals surface area contributed by atoms with Crippen molar-refractivity contribution in [1.82, 2.24) is 9.78 Å². The number of methoxy groups -OCH3 is 1. The van der Waals surface area contributed by atoms with Gasteiger partial charge in [-0.1, -0.05) is 18.2 Å². The van der Waals surface area contributed by atoms with Crippen LogP contribution in [0, 0.1) is 5.82 Å². The van der Waals surface area contributed by atoms with Gasteiger partial charge in [-0.15, -0.1) is 0 Å². The monoisotopic (exact) mass is 353 g/mol. The molecule has 0 aliphatic heterocycles. The van der Waals surface area contributed by atoms with Crippen molar-refractivity contribution in [2.45, 2.75) is 13.5 Å². The second-order valence-electron chi connectivity index (χ2n) is 5.93. The number of rotatable bonds is 6. The van der Waals surface area contributed by atoms with Crippen LogP contribution in [0.2, 0.25) is 0 Å². The van der Waals surface area contributed by atoms with E-state index in [9.17, 15) is 9.18 Å². The van der Waals surface area contributed by atoms with Crippen LogP contribution in [0.3, 0.4) is 0 Å². The van der Waals surface area contributed by atoms with Crippen LogP contribution in [0.15, 0.2) is 54.7 Å². The molecule has 134 valence electrons. The van der Waals surface area contributed by atoms with Crippen LogP contribution in [-0.2, 0) is 16.1 Å². The normalized spacial score (nSPS) is 11.7. The van der Waals surface area contributed by atoms with Crippen molar-refractivity contribution >= 4 is 28.1 Å². The number of amides is 1. The van der Waals surface area contributed by atoms with Crippen LogP contribution in [0.1, 0.15) is 12.5 Å². The molecule has 1 amide bonds. The van der Waals surface area contributed by atoms with Gasteiger partial charge in [0.1, 0.15) is 5.82 Å². The summed E-state index contributed by atoms with van der Waals surface area (Å²) in [6.07, 6.45) is 3.17. The molecule has 1 heterocycles. The predicted octanol–water partition coefficient (Wildman–Crippen LogP) is 3.86. The van der Waals surface area contributed by atoms with Gasteiger partial charge in [-0.25, -0.2) is 4.39 Å². The van der Waals surface area contributed by atoms with Gasteiger partial charge in [-0.3, -0.25) is 9.48 Å². The van der Waals surface area contributed by atoms with Crippen LogP contribution < -0.4 is 5.32 Å². The summed E-state index contributed by atoms with van der Waals surface area (Å²) >= 11 is 0. The van der Waals surface area contributed by atoms with Gasteiger partial charge < -0.3 is 10.1 Å². The Morgan fingerprint density at radius 2 is 2.12 bits per heavy atom. The molecule has 0 fully saturated rings. The van der Waals surface area contributed by atoms with E-state index in [-0.39, 0.29) is 11.7 Å². The molecule has 1 aromatic heterocycles. The van der Waals surface area contributed by atoms with Crippen molar-refractivity contribution in [3.8, 4) is 0 Å². The molecule has 0 atom stereocenters. The van der Waals surface area contributed by atoms with Gasteiger partial charge >= 0.3 is 0 Å². The quantitative estimate of drug-likeness (QED) is 0.685. The number of anilines is 1. The maximum Gasteiger partial charge on any atom is 0.248 e. The van der Waals surface area contributed by atoms with E-state index in [2.05, 4.69) is 10.4 Å². The number of nitrogens with one attached hydrogen (secondary N) is 1. The number of aromatic nitrogens is 2. The summed E-state index contributed by atoms with van der Waals surface area (Å²) in [5.74, 6) is -0.662. The van der Waals surface area contributed by atoms with E-state index in [1.165, 1.54) is 12.1 Å². The fourth-order valence-corrected chi connectivity index (χ4v) is 2.74. The molecule has 6 heteroatoms. The minimum absolute atomic E-state index is 0.312. The number of ether oxygens (including phenoxy) is 1. The first-order chi connectivity index (χ1) is 12.6. The smallest absolute Gasteiger partial charge is 0.248 e. The van der Waals surface area contributed by atoms with Crippen LogP contribution in [0.25, 0.3) is 16.5 Å². The summed E-state index contributed by atoms with van der Waals surface area (Å²) in [6, 6.07) is 12.0. The van der Waals surface area contributed by atoms with Gasteiger partial charge in [-0.2, -0.15) is 5.10 Å². The third kappa shape index (κ3) is 3.97. The molecule has 0 saturated carbocycles. The van der Waals surface area contributed by atoms with Crippen molar-refractivity contribution in [3.05, 3.63) is 66.1 Å². The Morgan fingerprint density at radius 3 is 2.88 bits per heavy atom. The molecule has 0 bridgehead atoms. The first-order valence-electron chi connectivity index (χ1n) is 8.27. The minimum atomic E-state index is -0.350. The van der Waals surface area contributed by atoms with Gasteiger partial charge in [0.05, 0.1) is 24.9 Å². The zero-order valence-corrected chi connectivity index (χ0v) is 14.7.